The van der Waals surface area contributed by atoms with Gasteiger partial charge in [0, 0.05) is 23.5 Å². The fraction of sp³-hybridized carbons (Fsp3) is 0.0870. The van der Waals surface area contributed by atoms with E-state index in [0.717, 1.165) is 28.1 Å². The Morgan fingerprint density at radius 1 is 1.00 bits per heavy atom. The lowest BCUT2D eigenvalue weighted by Gasteiger charge is -2.12. The van der Waals surface area contributed by atoms with Gasteiger partial charge in [0.05, 0.1) is 29.6 Å². The highest BCUT2D eigenvalue weighted by molar-refractivity contribution is 5.81. The molecule has 2 aromatic heterocycles. The van der Waals surface area contributed by atoms with Crippen molar-refractivity contribution in [3.8, 4) is 28.5 Å². The molecule has 0 bridgehead atoms. The van der Waals surface area contributed by atoms with E-state index in [0.29, 0.717) is 18.1 Å². The first kappa shape index (κ1) is 18.3. The molecule has 140 valence electrons. The lowest BCUT2D eigenvalue weighted by atomic mass is 9.99. The van der Waals surface area contributed by atoms with Crippen LogP contribution in [0.2, 0.25) is 0 Å². The smallest absolute Gasteiger partial charge is 0.223 e. The van der Waals surface area contributed by atoms with E-state index >= 15 is 0 Å². The van der Waals surface area contributed by atoms with Crippen molar-refractivity contribution in [2.75, 3.05) is 5.32 Å². The monoisotopic (exact) mass is 378 g/mol. The Kier molecular flexibility index (Phi) is 5.21. The van der Waals surface area contributed by atoms with Gasteiger partial charge in [-0.1, -0.05) is 42.0 Å². The number of hydrogen-bond donors (Lipinski definition) is 1. The molecule has 4 aromatic rings. The zero-order valence-corrected chi connectivity index (χ0v) is 15.9. The molecule has 2 aromatic carbocycles. The van der Waals surface area contributed by atoms with Gasteiger partial charge in [-0.15, -0.1) is 0 Å². The summed E-state index contributed by atoms with van der Waals surface area (Å²) in [7, 11) is 0. The van der Waals surface area contributed by atoms with E-state index in [9.17, 15) is 5.26 Å². The van der Waals surface area contributed by atoms with Crippen LogP contribution in [0, 0.1) is 18.3 Å². The third-order valence-electron chi connectivity index (χ3n) is 4.49. The summed E-state index contributed by atoms with van der Waals surface area (Å²) in [6.07, 6.45) is 5.01. The molecule has 0 unspecified atom stereocenters. The molecule has 0 aliphatic carbocycles. The first-order chi connectivity index (χ1) is 14.2. The van der Waals surface area contributed by atoms with Crippen molar-refractivity contribution in [1.82, 2.24) is 19.9 Å². The van der Waals surface area contributed by atoms with Gasteiger partial charge in [0.1, 0.15) is 6.33 Å². The minimum absolute atomic E-state index is 0.499. The van der Waals surface area contributed by atoms with Crippen LogP contribution in [0.1, 0.15) is 16.8 Å². The van der Waals surface area contributed by atoms with E-state index in [1.54, 1.807) is 18.5 Å². The maximum Gasteiger partial charge on any atom is 0.223 e. The van der Waals surface area contributed by atoms with Crippen LogP contribution in [0.4, 0.5) is 5.95 Å². The molecular formula is C23H18N6. The summed E-state index contributed by atoms with van der Waals surface area (Å²) in [5.41, 5.74) is 6.20. The molecule has 2 heterocycles. The molecule has 0 saturated carbocycles. The van der Waals surface area contributed by atoms with Crippen LogP contribution in [-0.2, 0) is 6.54 Å². The van der Waals surface area contributed by atoms with Gasteiger partial charge in [0.2, 0.25) is 5.95 Å². The average molecular weight is 378 g/mol. The van der Waals surface area contributed by atoms with E-state index in [4.69, 9.17) is 4.98 Å². The molecule has 0 spiro atoms. The van der Waals surface area contributed by atoms with Crippen molar-refractivity contribution in [2.24, 2.45) is 0 Å². The second kappa shape index (κ2) is 8.28. The number of aryl methyl sites for hydroxylation is 1. The second-order valence-corrected chi connectivity index (χ2v) is 6.57. The summed E-state index contributed by atoms with van der Waals surface area (Å²) < 4.78 is 0. The quantitative estimate of drug-likeness (QED) is 0.554. The molecule has 6 nitrogen and oxygen atoms in total. The van der Waals surface area contributed by atoms with E-state index in [2.05, 4.69) is 45.4 Å². The highest BCUT2D eigenvalue weighted by atomic mass is 15.1. The van der Waals surface area contributed by atoms with Crippen LogP contribution in [-0.4, -0.2) is 19.9 Å². The van der Waals surface area contributed by atoms with Gasteiger partial charge in [-0.05, 0) is 30.7 Å². The van der Waals surface area contributed by atoms with Crippen molar-refractivity contribution in [2.45, 2.75) is 13.5 Å². The molecule has 0 aliphatic heterocycles. The fourth-order valence-corrected chi connectivity index (χ4v) is 2.96. The summed E-state index contributed by atoms with van der Waals surface area (Å²) in [5, 5.41) is 12.5. The van der Waals surface area contributed by atoms with Crippen LogP contribution in [0.5, 0.6) is 0 Å². The van der Waals surface area contributed by atoms with E-state index in [1.165, 1.54) is 11.9 Å². The van der Waals surface area contributed by atoms with Gasteiger partial charge in [-0.3, -0.25) is 0 Å². The molecular weight excluding hydrogens is 360 g/mol. The van der Waals surface area contributed by atoms with Crippen LogP contribution in [0.25, 0.3) is 22.4 Å². The minimum atomic E-state index is 0.499. The molecule has 0 amide bonds. The Balaban J connectivity index is 1.74. The largest absolute Gasteiger partial charge is 0.349 e. The van der Waals surface area contributed by atoms with Crippen molar-refractivity contribution >= 4 is 5.95 Å². The number of nitrogens with zero attached hydrogens (tertiary/aromatic N) is 5. The normalized spacial score (nSPS) is 10.3. The number of benzene rings is 2. The second-order valence-electron chi connectivity index (χ2n) is 6.57. The van der Waals surface area contributed by atoms with Crippen LogP contribution >= 0.6 is 0 Å². The van der Waals surface area contributed by atoms with Gasteiger partial charge in [0.15, 0.2) is 0 Å². The molecule has 0 radical (unpaired) electrons. The fourth-order valence-electron chi connectivity index (χ4n) is 2.96. The molecule has 6 heteroatoms. The Bertz CT molecular complexity index is 1160. The lowest BCUT2D eigenvalue weighted by Crippen LogP contribution is -2.06. The molecule has 1 N–H and O–H groups in total. The van der Waals surface area contributed by atoms with Crippen LogP contribution in [0.3, 0.4) is 0 Å². The molecule has 29 heavy (non-hydrogen) atoms. The Labute approximate surface area is 169 Å². The minimum Gasteiger partial charge on any atom is -0.349 e. The number of nitrogens with one attached hydrogen (secondary N) is 1. The molecule has 4 rings (SSSR count). The number of rotatable bonds is 5. The van der Waals surface area contributed by atoms with Gasteiger partial charge >= 0.3 is 0 Å². The van der Waals surface area contributed by atoms with E-state index < -0.39 is 0 Å². The Morgan fingerprint density at radius 3 is 2.62 bits per heavy atom. The number of nitriles is 1. The highest BCUT2D eigenvalue weighted by Crippen LogP contribution is 2.31. The third-order valence-corrected chi connectivity index (χ3v) is 4.49. The summed E-state index contributed by atoms with van der Waals surface area (Å²) >= 11 is 0. The van der Waals surface area contributed by atoms with E-state index in [-0.39, 0.29) is 0 Å². The number of hydrogen-bond acceptors (Lipinski definition) is 6. The summed E-state index contributed by atoms with van der Waals surface area (Å²) in [6, 6.07) is 19.7. The van der Waals surface area contributed by atoms with Gasteiger partial charge in [-0.25, -0.2) is 19.9 Å². The van der Waals surface area contributed by atoms with Crippen molar-refractivity contribution in [3.05, 3.63) is 90.1 Å². The van der Waals surface area contributed by atoms with Gasteiger partial charge in [-0.2, -0.15) is 5.26 Å². The zero-order valence-electron chi connectivity index (χ0n) is 15.9. The van der Waals surface area contributed by atoms with Crippen molar-refractivity contribution in [3.63, 3.8) is 0 Å². The molecule has 0 atom stereocenters. The van der Waals surface area contributed by atoms with Crippen molar-refractivity contribution in [1.29, 1.82) is 5.26 Å². The van der Waals surface area contributed by atoms with Crippen LogP contribution in [0.15, 0.2) is 73.3 Å². The average Bonchev–Trinajstić information content (AvgIpc) is 2.79. The Hall–Kier alpha value is -4.11. The highest BCUT2D eigenvalue weighted by Gasteiger charge is 2.12. The summed E-state index contributed by atoms with van der Waals surface area (Å²) in [5.74, 6) is 0.513. The van der Waals surface area contributed by atoms with Crippen molar-refractivity contribution < 1.29 is 0 Å². The number of aromatic nitrogens is 4. The zero-order chi connectivity index (χ0) is 20.1. The number of anilines is 1. The molecule has 0 fully saturated rings. The predicted molar refractivity (Wildman–Crippen MR) is 112 cm³/mol. The summed E-state index contributed by atoms with van der Waals surface area (Å²) in [4.78, 5) is 17.4. The maximum absolute atomic E-state index is 9.25. The van der Waals surface area contributed by atoms with Crippen LogP contribution < -0.4 is 5.32 Å². The Morgan fingerprint density at radius 2 is 1.86 bits per heavy atom. The van der Waals surface area contributed by atoms with Gasteiger partial charge < -0.3 is 5.32 Å². The topological polar surface area (TPSA) is 87.4 Å². The SMILES string of the molecule is Cc1ccc(-c2nc(NCc3ccncn3)ncc2-c2cccc(C#N)c2)cc1. The third kappa shape index (κ3) is 4.25. The van der Waals surface area contributed by atoms with Gasteiger partial charge in [0.25, 0.3) is 0 Å². The first-order valence-electron chi connectivity index (χ1n) is 9.16. The summed E-state index contributed by atoms with van der Waals surface area (Å²) in [6.45, 7) is 2.55. The lowest BCUT2D eigenvalue weighted by molar-refractivity contribution is 0.979. The standard InChI is InChI=1S/C23H18N6/c1-16-5-7-18(8-6-16)22-21(19-4-2-3-17(11-19)12-24)14-27-23(29-22)26-13-20-9-10-25-15-28-20/h2-11,14-15H,13H2,1H3,(H,26,27,29). The van der Waals surface area contributed by atoms with E-state index in [1.807, 2.05) is 36.4 Å². The predicted octanol–water partition coefficient (Wildman–Crippen LogP) is 4.39. The maximum atomic E-state index is 9.25. The molecule has 0 saturated heterocycles. The molecule has 0 aliphatic rings. The first-order valence-corrected chi connectivity index (χ1v) is 9.16.